The number of rotatable bonds is 9. The van der Waals surface area contributed by atoms with Crippen LogP contribution < -0.4 is 0 Å². The third-order valence-corrected chi connectivity index (χ3v) is 12.0. The first-order chi connectivity index (χ1) is 18.0. The van der Waals surface area contributed by atoms with E-state index in [2.05, 4.69) is 37.1 Å². The first kappa shape index (κ1) is 31.1. The Morgan fingerprint density at radius 3 is 2.33 bits per heavy atom. The zero-order chi connectivity index (χ0) is 29.0. The number of aliphatic hydroxyl groups is 1. The molecule has 4 aliphatic carbocycles. The second-order valence-electron chi connectivity index (χ2n) is 13.3. The van der Waals surface area contributed by atoms with Crippen molar-refractivity contribution < 1.29 is 39.4 Å². The summed E-state index contributed by atoms with van der Waals surface area (Å²) in [7, 11) is -8.98. The lowest BCUT2D eigenvalue weighted by Gasteiger charge is -2.60. The van der Waals surface area contributed by atoms with Crippen molar-refractivity contribution in [3.63, 3.8) is 0 Å². The maximum Gasteiger partial charge on any atom is 0.397 e. The Morgan fingerprint density at radius 1 is 1.03 bits per heavy atom. The van der Waals surface area contributed by atoms with Gasteiger partial charge in [0.05, 0.1) is 18.8 Å². The van der Waals surface area contributed by atoms with E-state index in [9.17, 15) is 21.9 Å². The normalized spacial score (nSPS) is 40.6. The van der Waals surface area contributed by atoms with Crippen LogP contribution in [0.25, 0.3) is 0 Å². The van der Waals surface area contributed by atoms with E-state index in [4.69, 9.17) is 13.3 Å². The lowest BCUT2D eigenvalue weighted by Crippen LogP contribution is -2.56. The Kier molecular flexibility index (Phi) is 8.87. The number of allylic oxidation sites excluding steroid dienone is 2. The molecule has 4 rings (SSSR count). The van der Waals surface area contributed by atoms with Gasteiger partial charge in [-0.15, -0.1) is 0 Å². The third-order valence-electron chi connectivity index (χ3n) is 11.1. The molecule has 0 aromatic carbocycles. The molecule has 4 aliphatic rings. The molecule has 0 saturated heterocycles. The average Bonchev–Trinajstić information content (AvgIpc) is 3.17. The summed E-state index contributed by atoms with van der Waals surface area (Å²) in [5.74, 6) is 1.55. The molecule has 0 aliphatic heterocycles. The predicted molar refractivity (Wildman–Crippen MR) is 147 cm³/mol. The second kappa shape index (κ2) is 11.1. The maximum absolute atomic E-state index is 11.8. The molecule has 0 spiro atoms. The van der Waals surface area contributed by atoms with Crippen molar-refractivity contribution in [2.24, 2.45) is 52.3 Å². The summed E-state index contributed by atoms with van der Waals surface area (Å²) in [6.45, 7) is 10.5. The summed E-state index contributed by atoms with van der Waals surface area (Å²) < 4.78 is 72.4. The van der Waals surface area contributed by atoms with Gasteiger partial charge in [-0.2, -0.15) is 16.8 Å². The van der Waals surface area contributed by atoms with Crippen molar-refractivity contribution in [1.29, 1.82) is 0 Å². The summed E-state index contributed by atoms with van der Waals surface area (Å²) in [6, 6.07) is 0. The van der Waals surface area contributed by atoms with Crippen LogP contribution in [0.2, 0.25) is 0 Å². The first-order valence-electron chi connectivity index (χ1n) is 14.3. The van der Waals surface area contributed by atoms with Gasteiger partial charge in [-0.25, -0.2) is 8.37 Å². The summed E-state index contributed by atoms with van der Waals surface area (Å²) >= 11 is 0. The van der Waals surface area contributed by atoms with Gasteiger partial charge in [0.1, 0.15) is 0 Å². The van der Waals surface area contributed by atoms with Gasteiger partial charge >= 0.3 is 20.8 Å². The number of hydrogen-bond acceptors (Lipinski definition) is 7. The molecular formula is C28H46O9S2. The van der Waals surface area contributed by atoms with Gasteiger partial charge in [0.15, 0.2) is 0 Å². The minimum Gasteiger partial charge on any atom is -0.393 e. The van der Waals surface area contributed by atoms with Gasteiger partial charge < -0.3 is 5.11 Å². The lowest BCUT2D eigenvalue weighted by molar-refractivity contribution is -0.133. The Labute approximate surface area is 234 Å². The summed E-state index contributed by atoms with van der Waals surface area (Å²) in [4.78, 5) is 0. The molecule has 0 bridgehead atoms. The molecule has 0 amide bonds. The van der Waals surface area contributed by atoms with Gasteiger partial charge in [-0.3, -0.25) is 9.11 Å². The van der Waals surface area contributed by atoms with E-state index < -0.39 is 33.0 Å². The largest absolute Gasteiger partial charge is 0.397 e. The van der Waals surface area contributed by atoms with Gasteiger partial charge in [-0.05, 0) is 91.3 Å². The van der Waals surface area contributed by atoms with Crippen LogP contribution in [0.3, 0.4) is 0 Å². The molecule has 3 N–H and O–H groups in total. The van der Waals surface area contributed by atoms with E-state index >= 15 is 0 Å². The van der Waals surface area contributed by atoms with Crippen LogP contribution in [0.15, 0.2) is 23.8 Å². The second-order valence-corrected chi connectivity index (χ2v) is 15.5. The van der Waals surface area contributed by atoms with Crippen molar-refractivity contribution >= 4 is 20.8 Å². The highest BCUT2D eigenvalue weighted by atomic mass is 32.3. The molecule has 3 saturated carbocycles. The van der Waals surface area contributed by atoms with E-state index in [1.807, 2.05) is 19.9 Å². The SMILES string of the molecule is CC(C)[C@H](C=C[C@@H](C)[C@H]1CC[C@H]2[C@@H]3CC=C4C[C@@H](OS(=O)(=O)O)CC[C@]4(C)[C@H]3C[C@H](O)[C@]12C)COS(=O)(=O)O. The van der Waals surface area contributed by atoms with E-state index in [1.54, 1.807) is 0 Å². The zero-order valence-corrected chi connectivity index (χ0v) is 25.3. The standard InChI is InChI=1S/C28H46O9S2/c1-17(2)19(16-36-38(30,31)32)7-6-18(3)23-10-11-24-22-9-8-20-14-21(37-39(33,34)35)12-13-27(20,4)25(22)15-26(29)28(23,24)5/h6-8,17-19,21-26,29H,9-16H2,1-5H3,(H,30,31,32)(H,33,34,35)/t18-,19-,21+,22+,23-,24+,25+,26+,27+,28-/m1/s1. The molecule has 39 heavy (non-hydrogen) atoms. The van der Waals surface area contributed by atoms with Gasteiger partial charge in [0.2, 0.25) is 0 Å². The minimum atomic E-state index is -4.49. The molecule has 0 radical (unpaired) electrons. The molecule has 0 unspecified atom stereocenters. The van der Waals surface area contributed by atoms with Gasteiger partial charge in [-0.1, -0.05) is 58.4 Å². The molecular weight excluding hydrogens is 544 g/mol. The highest BCUT2D eigenvalue weighted by Gasteiger charge is 2.62. The highest BCUT2D eigenvalue weighted by Crippen LogP contribution is 2.67. The number of fused-ring (bicyclic) bond motifs is 5. The van der Waals surface area contributed by atoms with Crippen LogP contribution in [0.4, 0.5) is 0 Å². The minimum absolute atomic E-state index is 0.111. The molecule has 10 atom stereocenters. The van der Waals surface area contributed by atoms with Crippen molar-refractivity contribution in [3.8, 4) is 0 Å². The maximum atomic E-state index is 11.8. The van der Waals surface area contributed by atoms with Crippen LogP contribution >= 0.6 is 0 Å². The van der Waals surface area contributed by atoms with E-state index in [1.165, 1.54) is 5.57 Å². The Balaban J connectivity index is 1.51. The Hall–Kier alpha value is -0.820. The lowest BCUT2D eigenvalue weighted by atomic mass is 9.46. The molecule has 0 aromatic rings. The summed E-state index contributed by atoms with van der Waals surface area (Å²) in [5, 5.41) is 11.8. The van der Waals surface area contributed by atoms with Crippen molar-refractivity contribution in [2.75, 3.05) is 6.61 Å². The van der Waals surface area contributed by atoms with E-state index in [-0.39, 0.29) is 41.1 Å². The molecule has 0 aromatic heterocycles. The molecule has 9 nitrogen and oxygen atoms in total. The Morgan fingerprint density at radius 2 is 1.72 bits per heavy atom. The summed E-state index contributed by atoms with van der Waals surface area (Å²) in [6.07, 6.45) is 10.9. The fourth-order valence-corrected chi connectivity index (χ4v) is 9.66. The van der Waals surface area contributed by atoms with Crippen LogP contribution in [-0.4, -0.2) is 49.9 Å². The van der Waals surface area contributed by atoms with Gasteiger partial charge in [0, 0.05) is 5.92 Å². The third kappa shape index (κ3) is 6.34. The fraction of sp³-hybridized carbons (Fsp3) is 0.857. The fourth-order valence-electron chi connectivity index (χ4n) is 8.83. The Bertz CT molecular complexity index is 1180. The van der Waals surface area contributed by atoms with E-state index in [0.717, 1.165) is 25.7 Å². The average molecular weight is 591 g/mol. The van der Waals surface area contributed by atoms with Crippen LogP contribution in [0.5, 0.6) is 0 Å². The highest BCUT2D eigenvalue weighted by molar-refractivity contribution is 7.81. The topological polar surface area (TPSA) is 147 Å². The quantitative estimate of drug-likeness (QED) is 0.249. The number of hydrogen-bond donors (Lipinski definition) is 3. The van der Waals surface area contributed by atoms with Gasteiger partial charge in [0.25, 0.3) is 0 Å². The molecule has 3 fully saturated rings. The zero-order valence-electron chi connectivity index (χ0n) is 23.7. The molecule has 224 valence electrons. The summed E-state index contributed by atoms with van der Waals surface area (Å²) in [5.41, 5.74) is 0.832. The smallest absolute Gasteiger partial charge is 0.393 e. The van der Waals surface area contributed by atoms with Crippen LogP contribution in [0, 0.1) is 52.3 Å². The van der Waals surface area contributed by atoms with Crippen molar-refractivity contribution in [3.05, 3.63) is 23.8 Å². The van der Waals surface area contributed by atoms with Crippen LogP contribution in [-0.2, 0) is 29.2 Å². The van der Waals surface area contributed by atoms with Crippen LogP contribution in [0.1, 0.15) is 79.6 Å². The molecule has 11 heteroatoms. The van der Waals surface area contributed by atoms with E-state index in [0.29, 0.717) is 37.0 Å². The molecule has 0 heterocycles. The van der Waals surface area contributed by atoms with Crippen molar-refractivity contribution in [2.45, 2.75) is 91.8 Å². The van der Waals surface area contributed by atoms with Crippen molar-refractivity contribution in [1.82, 2.24) is 0 Å². The number of aliphatic hydroxyl groups excluding tert-OH is 1. The first-order valence-corrected chi connectivity index (χ1v) is 17.0. The monoisotopic (exact) mass is 590 g/mol. The predicted octanol–water partition coefficient (Wildman–Crippen LogP) is 5.01.